The van der Waals surface area contributed by atoms with Crippen molar-refractivity contribution in [1.29, 1.82) is 0 Å². The van der Waals surface area contributed by atoms with Crippen molar-refractivity contribution in [2.45, 2.75) is 68.8 Å². The van der Waals surface area contributed by atoms with Gasteiger partial charge in [-0.25, -0.2) is 8.42 Å². The fraction of sp³-hybridized carbons (Fsp3) is 0.650. The van der Waals surface area contributed by atoms with Gasteiger partial charge in [-0.1, -0.05) is 25.0 Å². The van der Waals surface area contributed by atoms with E-state index < -0.39 is 21.6 Å². The number of sulfone groups is 1. The minimum absolute atomic E-state index is 0.0596. The van der Waals surface area contributed by atoms with Gasteiger partial charge in [-0.15, -0.1) is 0 Å². The van der Waals surface area contributed by atoms with E-state index in [9.17, 15) is 26.4 Å². The van der Waals surface area contributed by atoms with Crippen molar-refractivity contribution in [3.05, 3.63) is 35.4 Å². The number of nitrogens with zero attached hydrogens (tertiary/aromatic N) is 1. The molecule has 1 saturated heterocycles. The molecule has 1 heterocycles. The zero-order chi connectivity index (χ0) is 20.4. The number of rotatable bonds is 5. The standard InChI is InChI=1S/C20H26F3NO3S/c21-20(22,23)16-10-8-15(9-11-16)18-7-3-4-13-24(18)19(25)12-14-28(26,27)17-5-1-2-6-17/h8-11,17-18H,1-7,12-14H2/t18-/m1/s1. The summed E-state index contributed by atoms with van der Waals surface area (Å²) >= 11 is 0. The maximum absolute atomic E-state index is 12.8. The predicted molar refractivity (Wildman–Crippen MR) is 100 cm³/mol. The smallest absolute Gasteiger partial charge is 0.336 e. The Morgan fingerprint density at radius 1 is 1.00 bits per heavy atom. The van der Waals surface area contributed by atoms with Crippen LogP contribution in [0.2, 0.25) is 0 Å². The predicted octanol–water partition coefficient (Wildman–Crippen LogP) is 4.51. The van der Waals surface area contributed by atoms with Gasteiger partial charge in [0.25, 0.3) is 0 Å². The number of likely N-dealkylation sites (tertiary alicyclic amines) is 1. The first-order valence-corrected chi connectivity index (χ1v) is 11.6. The summed E-state index contributed by atoms with van der Waals surface area (Å²) in [5, 5.41) is -0.327. The molecule has 1 aliphatic heterocycles. The molecule has 1 aromatic rings. The van der Waals surface area contributed by atoms with Gasteiger partial charge in [-0.2, -0.15) is 13.2 Å². The molecule has 2 fully saturated rings. The molecule has 0 aromatic heterocycles. The molecular formula is C20H26F3NO3S. The van der Waals surface area contributed by atoms with Crippen LogP contribution in [0.15, 0.2) is 24.3 Å². The topological polar surface area (TPSA) is 54.5 Å². The van der Waals surface area contributed by atoms with Gasteiger partial charge in [0.1, 0.15) is 0 Å². The Labute approximate surface area is 164 Å². The van der Waals surface area contributed by atoms with Crippen LogP contribution in [0.3, 0.4) is 0 Å². The lowest BCUT2D eigenvalue weighted by atomic mass is 9.94. The second kappa shape index (κ2) is 8.43. The highest BCUT2D eigenvalue weighted by Crippen LogP contribution is 2.35. The maximum Gasteiger partial charge on any atom is 0.416 e. The molecule has 28 heavy (non-hydrogen) atoms. The van der Waals surface area contributed by atoms with E-state index in [1.165, 1.54) is 12.1 Å². The molecule has 4 nitrogen and oxygen atoms in total. The number of hydrogen-bond donors (Lipinski definition) is 0. The molecule has 8 heteroatoms. The molecule has 0 N–H and O–H groups in total. The molecule has 1 amide bonds. The molecule has 1 saturated carbocycles. The van der Waals surface area contributed by atoms with Crippen LogP contribution in [-0.2, 0) is 20.8 Å². The quantitative estimate of drug-likeness (QED) is 0.709. The van der Waals surface area contributed by atoms with Crippen LogP contribution in [-0.4, -0.2) is 36.8 Å². The van der Waals surface area contributed by atoms with E-state index in [2.05, 4.69) is 0 Å². The molecule has 2 aliphatic rings. The second-order valence-corrected chi connectivity index (χ2v) is 10.1. The lowest BCUT2D eigenvalue weighted by molar-refractivity contribution is -0.138. The second-order valence-electron chi connectivity index (χ2n) is 7.74. The minimum Gasteiger partial charge on any atom is -0.336 e. The number of halogens is 3. The summed E-state index contributed by atoms with van der Waals surface area (Å²) in [5.74, 6) is -0.376. The van der Waals surface area contributed by atoms with Crippen LogP contribution in [0.4, 0.5) is 13.2 Å². The SMILES string of the molecule is O=C(CCS(=O)(=O)C1CCCC1)N1CCCC[C@@H]1c1ccc(C(F)(F)F)cc1. The zero-order valence-corrected chi connectivity index (χ0v) is 16.6. The lowest BCUT2D eigenvalue weighted by Crippen LogP contribution is -2.39. The average molecular weight is 417 g/mol. The highest BCUT2D eigenvalue weighted by Gasteiger charge is 2.33. The Kier molecular flexibility index (Phi) is 6.37. The van der Waals surface area contributed by atoms with E-state index in [1.54, 1.807) is 4.90 Å². The van der Waals surface area contributed by atoms with Gasteiger partial charge in [0.05, 0.1) is 22.6 Å². The molecule has 156 valence electrons. The maximum atomic E-state index is 12.8. The molecule has 1 aliphatic carbocycles. The van der Waals surface area contributed by atoms with Crippen molar-refractivity contribution in [2.24, 2.45) is 0 Å². The largest absolute Gasteiger partial charge is 0.416 e. The Hall–Kier alpha value is -1.57. The van der Waals surface area contributed by atoms with Crippen molar-refractivity contribution in [2.75, 3.05) is 12.3 Å². The summed E-state index contributed by atoms with van der Waals surface area (Å²) in [4.78, 5) is 14.4. The third-order valence-corrected chi connectivity index (χ3v) is 8.12. The number of carbonyl (C=O) groups excluding carboxylic acids is 1. The van der Waals surface area contributed by atoms with Crippen molar-refractivity contribution in [3.8, 4) is 0 Å². The Morgan fingerprint density at radius 2 is 1.61 bits per heavy atom. The van der Waals surface area contributed by atoms with Crippen molar-refractivity contribution >= 4 is 15.7 Å². The van der Waals surface area contributed by atoms with Gasteiger partial charge in [0, 0.05) is 13.0 Å². The summed E-state index contributed by atoms with van der Waals surface area (Å²) in [6, 6.07) is 4.63. The molecule has 1 atom stereocenters. The molecule has 0 bridgehead atoms. The minimum atomic E-state index is -4.39. The molecule has 0 spiro atoms. The van der Waals surface area contributed by atoms with E-state index in [-0.39, 0.29) is 29.4 Å². The van der Waals surface area contributed by atoms with Gasteiger partial charge in [-0.05, 0) is 49.8 Å². The third kappa shape index (κ3) is 4.88. The van der Waals surface area contributed by atoms with E-state index in [0.717, 1.165) is 37.8 Å². The van der Waals surface area contributed by atoms with Gasteiger partial charge < -0.3 is 4.90 Å². The Morgan fingerprint density at radius 3 is 2.21 bits per heavy atom. The van der Waals surface area contributed by atoms with Crippen LogP contribution in [0.1, 0.15) is 68.5 Å². The van der Waals surface area contributed by atoms with Crippen molar-refractivity contribution < 1.29 is 26.4 Å². The van der Waals surface area contributed by atoms with Gasteiger partial charge in [0.15, 0.2) is 9.84 Å². The van der Waals surface area contributed by atoms with E-state index in [1.807, 2.05) is 0 Å². The summed E-state index contributed by atoms with van der Waals surface area (Å²) in [6.45, 7) is 0.508. The first-order chi connectivity index (χ1) is 13.2. The molecule has 0 radical (unpaired) electrons. The third-order valence-electron chi connectivity index (χ3n) is 5.86. The highest BCUT2D eigenvalue weighted by molar-refractivity contribution is 7.92. The highest BCUT2D eigenvalue weighted by atomic mass is 32.2. The molecule has 1 aromatic carbocycles. The first kappa shape index (κ1) is 21.1. The van der Waals surface area contributed by atoms with E-state index >= 15 is 0 Å². The lowest BCUT2D eigenvalue weighted by Gasteiger charge is -2.36. The van der Waals surface area contributed by atoms with Crippen LogP contribution in [0.25, 0.3) is 0 Å². The molecule has 3 rings (SSSR count). The van der Waals surface area contributed by atoms with Crippen LogP contribution in [0.5, 0.6) is 0 Å². The Bertz CT molecular complexity index is 784. The van der Waals surface area contributed by atoms with Gasteiger partial charge >= 0.3 is 6.18 Å². The first-order valence-electron chi connectivity index (χ1n) is 9.87. The van der Waals surface area contributed by atoms with Gasteiger partial charge in [-0.3, -0.25) is 4.79 Å². The van der Waals surface area contributed by atoms with Crippen LogP contribution >= 0.6 is 0 Å². The fourth-order valence-electron chi connectivity index (χ4n) is 4.26. The summed E-state index contributed by atoms with van der Waals surface area (Å²) in [7, 11) is -3.27. The monoisotopic (exact) mass is 417 g/mol. The van der Waals surface area contributed by atoms with E-state index in [0.29, 0.717) is 31.4 Å². The van der Waals surface area contributed by atoms with Crippen molar-refractivity contribution in [3.63, 3.8) is 0 Å². The number of alkyl halides is 3. The average Bonchev–Trinajstić information content (AvgIpc) is 3.21. The zero-order valence-electron chi connectivity index (χ0n) is 15.7. The van der Waals surface area contributed by atoms with Crippen molar-refractivity contribution in [1.82, 2.24) is 4.90 Å². The number of benzene rings is 1. The number of carbonyl (C=O) groups is 1. The van der Waals surface area contributed by atoms with Gasteiger partial charge in [0.2, 0.25) is 5.91 Å². The summed E-state index contributed by atoms with van der Waals surface area (Å²) in [5.41, 5.74) is -0.0488. The number of amides is 1. The molecular weight excluding hydrogens is 391 g/mol. The van der Waals surface area contributed by atoms with Crippen LogP contribution < -0.4 is 0 Å². The summed E-state index contributed by atoms with van der Waals surface area (Å²) in [6.07, 6.45) is 1.11. The fourth-order valence-corrected chi connectivity index (χ4v) is 6.10. The number of piperidine rings is 1. The number of hydrogen-bond acceptors (Lipinski definition) is 3. The van der Waals surface area contributed by atoms with E-state index in [4.69, 9.17) is 0 Å². The normalized spacial score (nSPS) is 21.8. The van der Waals surface area contributed by atoms with Crippen LogP contribution in [0, 0.1) is 0 Å². The summed E-state index contributed by atoms with van der Waals surface area (Å²) < 4.78 is 63.2. The Balaban J connectivity index is 1.68. The molecule has 0 unspecified atom stereocenters.